The van der Waals surface area contributed by atoms with E-state index in [0.717, 1.165) is 25.5 Å². The summed E-state index contributed by atoms with van der Waals surface area (Å²) in [6.07, 6.45) is 1.52. The number of anilines is 1. The van der Waals surface area contributed by atoms with Gasteiger partial charge in [-0.15, -0.1) is 0 Å². The fourth-order valence-corrected chi connectivity index (χ4v) is 2.51. The number of benzene rings is 1. The van der Waals surface area contributed by atoms with Gasteiger partial charge in [0.2, 0.25) is 5.88 Å². The zero-order valence-corrected chi connectivity index (χ0v) is 12.5. The summed E-state index contributed by atoms with van der Waals surface area (Å²) in [6, 6.07) is 9.64. The summed E-state index contributed by atoms with van der Waals surface area (Å²) < 4.78 is 5.74. The van der Waals surface area contributed by atoms with Gasteiger partial charge < -0.3 is 15.0 Å². The van der Waals surface area contributed by atoms with Gasteiger partial charge in [0.05, 0.1) is 5.02 Å². The van der Waals surface area contributed by atoms with E-state index in [2.05, 4.69) is 27.1 Å². The van der Waals surface area contributed by atoms with Crippen LogP contribution >= 0.6 is 11.6 Å². The van der Waals surface area contributed by atoms with Gasteiger partial charge in [0.1, 0.15) is 17.9 Å². The lowest BCUT2D eigenvalue weighted by molar-refractivity contribution is 0.457. The predicted octanol–water partition coefficient (Wildman–Crippen LogP) is 2.72. The van der Waals surface area contributed by atoms with Gasteiger partial charge in [0.25, 0.3) is 0 Å². The molecule has 1 saturated heterocycles. The van der Waals surface area contributed by atoms with E-state index >= 15 is 0 Å². The van der Waals surface area contributed by atoms with Crippen LogP contribution in [0.15, 0.2) is 36.7 Å². The Kier molecular flexibility index (Phi) is 4.22. The molecule has 0 saturated carbocycles. The molecule has 110 valence electrons. The summed E-state index contributed by atoms with van der Waals surface area (Å²) in [5, 5.41) is 3.97. The summed E-state index contributed by atoms with van der Waals surface area (Å²) in [6.45, 7) is 4.95. The molecule has 0 bridgehead atoms. The molecule has 1 unspecified atom stereocenters. The normalized spacial score (nSPS) is 18.6. The van der Waals surface area contributed by atoms with Crippen LogP contribution in [0.5, 0.6) is 11.6 Å². The maximum Gasteiger partial charge on any atom is 0.224 e. The van der Waals surface area contributed by atoms with Gasteiger partial charge in [-0.1, -0.05) is 23.7 Å². The first-order valence-electron chi connectivity index (χ1n) is 6.95. The largest absolute Gasteiger partial charge is 0.437 e. The van der Waals surface area contributed by atoms with E-state index in [1.165, 1.54) is 6.33 Å². The van der Waals surface area contributed by atoms with Crippen LogP contribution in [0.3, 0.4) is 0 Å². The van der Waals surface area contributed by atoms with Gasteiger partial charge in [-0.25, -0.2) is 9.97 Å². The van der Waals surface area contributed by atoms with Gasteiger partial charge in [-0.3, -0.25) is 0 Å². The topological polar surface area (TPSA) is 50.3 Å². The standard InChI is InChI=1S/C15H17ClN4O/c1-11-9-20(7-6-17-11)14-8-15(19-10-18-14)21-13-5-3-2-4-12(13)16/h2-5,8,10-11,17H,6-7,9H2,1H3. The van der Waals surface area contributed by atoms with Crippen molar-refractivity contribution < 1.29 is 4.74 Å². The van der Waals surface area contributed by atoms with E-state index in [-0.39, 0.29) is 0 Å². The van der Waals surface area contributed by atoms with E-state index in [1.807, 2.05) is 24.3 Å². The highest BCUT2D eigenvalue weighted by Crippen LogP contribution is 2.28. The molecule has 0 radical (unpaired) electrons. The maximum atomic E-state index is 6.09. The van der Waals surface area contributed by atoms with E-state index in [0.29, 0.717) is 22.7 Å². The highest BCUT2D eigenvalue weighted by molar-refractivity contribution is 6.32. The summed E-state index contributed by atoms with van der Waals surface area (Å²) in [5.41, 5.74) is 0. The van der Waals surface area contributed by atoms with Crippen LogP contribution in [0.25, 0.3) is 0 Å². The van der Waals surface area contributed by atoms with Crippen LogP contribution in [0.1, 0.15) is 6.92 Å². The van der Waals surface area contributed by atoms with Crippen LogP contribution in [0.2, 0.25) is 5.02 Å². The molecule has 2 aromatic rings. The summed E-state index contributed by atoms with van der Waals surface area (Å²) in [5.74, 6) is 1.97. The first-order chi connectivity index (χ1) is 10.2. The molecule has 0 spiro atoms. The number of piperazine rings is 1. The van der Waals surface area contributed by atoms with Crippen LogP contribution in [0, 0.1) is 0 Å². The molecule has 2 heterocycles. The van der Waals surface area contributed by atoms with Crippen LogP contribution < -0.4 is 15.0 Å². The highest BCUT2D eigenvalue weighted by Gasteiger charge is 2.17. The number of para-hydroxylation sites is 1. The molecule has 21 heavy (non-hydrogen) atoms. The maximum absolute atomic E-state index is 6.09. The predicted molar refractivity (Wildman–Crippen MR) is 83.2 cm³/mol. The first kappa shape index (κ1) is 14.1. The Morgan fingerprint density at radius 3 is 3.00 bits per heavy atom. The molecule has 1 aliphatic heterocycles. The third-order valence-electron chi connectivity index (χ3n) is 3.37. The summed E-state index contributed by atoms with van der Waals surface area (Å²) in [4.78, 5) is 10.7. The Bertz CT molecular complexity index is 622. The Morgan fingerprint density at radius 2 is 2.19 bits per heavy atom. The molecule has 1 aromatic heterocycles. The SMILES string of the molecule is CC1CN(c2cc(Oc3ccccc3Cl)ncn2)CCN1. The van der Waals surface area contributed by atoms with E-state index in [4.69, 9.17) is 16.3 Å². The van der Waals surface area contributed by atoms with Gasteiger partial charge in [0.15, 0.2) is 0 Å². The summed E-state index contributed by atoms with van der Waals surface area (Å²) in [7, 11) is 0. The number of aromatic nitrogens is 2. The van der Waals surface area contributed by atoms with Crippen LogP contribution in [-0.4, -0.2) is 35.6 Å². The minimum atomic E-state index is 0.446. The van der Waals surface area contributed by atoms with E-state index in [9.17, 15) is 0 Å². The second kappa shape index (κ2) is 6.28. The van der Waals surface area contributed by atoms with Crippen molar-refractivity contribution in [2.75, 3.05) is 24.5 Å². The average Bonchev–Trinajstić information content (AvgIpc) is 2.50. The number of ether oxygens (including phenoxy) is 1. The van der Waals surface area contributed by atoms with E-state index in [1.54, 1.807) is 6.07 Å². The Morgan fingerprint density at radius 1 is 1.33 bits per heavy atom. The highest BCUT2D eigenvalue weighted by atomic mass is 35.5. The van der Waals surface area contributed by atoms with Gasteiger partial charge >= 0.3 is 0 Å². The molecule has 0 amide bonds. The van der Waals surface area contributed by atoms with Gasteiger partial charge in [-0.05, 0) is 19.1 Å². The van der Waals surface area contributed by atoms with Crippen molar-refractivity contribution in [2.24, 2.45) is 0 Å². The third-order valence-corrected chi connectivity index (χ3v) is 3.68. The van der Waals surface area contributed by atoms with Crippen molar-refractivity contribution in [3.05, 3.63) is 41.7 Å². The number of halogens is 1. The van der Waals surface area contributed by atoms with Crippen LogP contribution in [-0.2, 0) is 0 Å². The molecule has 1 atom stereocenters. The molecule has 1 aliphatic rings. The second-order valence-corrected chi connectivity index (χ2v) is 5.46. The quantitative estimate of drug-likeness (QED) is 0.945. The number of hydrogen-bond acceptors (Lipinski definition) is 5. The van der Waals surface area contributed by atoms with Crippen LogP contribution in [0.4, 0.5) is 5.82 Å². The second-order valence-electron chi connectivity index (χ2n) is 5.05. The molecular formula is C15H17ClN4O. The molecule has 6 heteroatoms. The fourth-order valence-electron chi connectivity index (χ4n) is 2.34. The smallest absolute Gasteiger partial charge is 0.224 e. The molecule has 0 aliphatic carbocycles. The Balaban J connectivity index is 1.78. The fraction of sp³-hybridized carbons (Fsp3) is 0.333. The van der Waals surface area contributed by atoms with Crippen molar-refractivity contribution >= 4 is 17.4 Å². The molecule has 5 nitrogen and oxygen atoms in total. The van der Waals surface area contributed by atoms with Crippen molar-refractivity contribution in [1.29, 1.82) is 0 Å². The minimum Gasteiger partial charge on any atom is -0.437 e. The van der Waals surface area contributed by atoms with Crippen molar-refractivity contribution in [1.82, 2.24) is 15.3 Å². The Labute approximate surface area is 128 Å². The van der Waals surface area contributed by atoms with Crippen molar-refractivity contribution in [2.45, 2.75) is 13.0 Å². The van der Waals surface area contributed by atoms with Gasteiger partial charge in [0, 0.05) is 31.7 Å². The lowest BCUT2D eigenvalue weighted by Crippen LogP contribution is -2.49. The molecule has 1 aromatic carbocycles. The number of rotatable bonds is 3. The number of hydrogen-bond donors (Lipinski definition) is 1. The lowest BCUT2D eigenvalue weighted by atomic mass is 10.2. The summed E-state index contributed by atoms with van der Waals surface area (Å²) >= 11 is 6.09. The number of nitrogens with one attached hydrogen (secondary N) is 1. The molecule has 1 N–H and O–H groups in total. The monoisotopic (exact) mass is 304 g/mol. The molecular weight excluding hydrogens is 288 g/mol. The zero-order valence-electron chi connectivity index (χ0n) is 11.8. The first-order valence-corrected chi connectivity index (χ1v) is 7.33. The lowest BCUT2D eigenvalue weighted by Gasteiger charge is -2.32. The van der Waals surface area contributed by atoms with E-state index < -0.39 is 0 Å². The van der Waals surface area contributed by atoms with Gasteiger partial charge in [-0.2, -0.15) is 0 Å². The molecule has 1 fully saturated rings. The van der Waals surface area contributed by atoms with Crippen molar-refractivity contribution in [3.63, 3.8) is 0 Å². The molecule has 3 rings (SSSR count). The number of nitrogens with zero attached hydrogens (tertiary/aromatic N) is 3. The van der Waals surface area contributed by atoms with Crippen molar-refractivity contribution in [3.8, 4) is 11.6 Å². The average molecular weight is 305 g/mol. The zero-order chi connectivity index (χ0) is 14.7. The Hall–Kier alpha value is -1.85. The minimum absolute atomic E-state index is 0.446. The third kappa shape index (κ3) is 3.43.